The molecule has 0 unspecified atom stereocenters. The number of alkyl halides is 3. The minimum Gasteiger partial charge on any atom is -0.387 e. The Morgan fingerprint density at radius 3 is 2.20 bits per heavy atom. The zero-order chi connectivity index (χ0) is 14.3. The van der Waals surface area contributed by atoms with Gasteiger partial charge >= 0.3 is 6.18 Å². The predicted octanol–water partition coefficient (Wildman–Crippen LogP) is 3.13. The summed E-state index contributed by atoms with van der Waals surface area (Å²) in [6.07, 6.45) is -1.01. The number of nitrogens with zero attached hydrogens (tertiary/aromatic N) is 1. The Hall–Kier alpha value is -1.49. The van der Waals surface area contributed by atoms with Crippen LogP contribution in [0.25, 0.3) is 6.08 Å². The standard InChI is InChI=1S/C15H16F3NO/c16-15(17,18)12-3-1-10(2-4-12)9-13-14(20)11-5-7-19(13)8-6-11/h1-4,9,11,14,20H,5-8H2/b13-9-/t14-/m0/s1. The SMILES string of the molecule is O[C@@H]1/C(=C/c2ccc(C(F)(F)F)cc2)N2CCC1CC2. The monoisotopic (exact) mass is 283 g/mol. The fraction of sp³-hybridized carbons (Fsp3) is 0.467. The minimum absolute atomic E-state index is 0.292. The molecule has 0 aromatic heterocycles. The molecule has 0 radical (unpaired) electrons. The van der Waals surface area contributed by atoms with Gasteiger partial charge in [-0.25, -0.2) is 0 Å². The van der Waals surface area contributed by atoms with E-state index in [9.17, 15) is 18.3 Å². The molecule has 20 heavy (non-hydrogen) atoms. The van der Waals surface area contributed by atoms with Gasteiger partial charge in [-0.05, 0) is 42.5 Å². The van der Waals surface area contributed by atoms with Crippen molar-refractivity contribution in [3.63, 3.8) is 0 Å². The van der Waals surface area contributed by atoms with E-state index in [0.717, 1.165) is 43.8 Å². The van der Waals surface area contributed by atoms with Gasteiger partial charge in [-0.3, -0.25) is 0 Å². The number of hydrogen-bond acceptors (Lipinski definition) is 2. The maximum absolute atomic E-state index is 12.5. The summed E-state index contributed by atoms with van der Waals surface area (Å²) in [4.78, 5) is 2.13. The van der Waals surface area contributed by atoms with Gasteiger partial charge in [-0.15, -0.1) is 0 Å². The van der Waals surface area contributed by atoms with Crippen molar-refractivity contribution in [1.82, 2.24) is 4.90 Å². The highest BCUT2D eigenvalue weighted by Gasteiger charge is 2.36. The molecule has 2 bridgehead atoms. The number of halogens is 3. The first-order valence-corrected chi connectivity index (χ1v) is 6.77. The summed E-state index contributed by atoms with van der Waals surface area (Å²) in [7, 11) is 0. The van der Waals surface area contributed by atoms with Crippen LogP contribution in [0, 0.1) is 5.92 Å². The Morgan fingerprint density at radius 1 is 1.10 bits per heavy atom. The van der Waals surface area contributed by atoms with Gasteiger partial charge in [0.25, 0.3) is 0 Å². The molecule has 3 heterocycles. The van der Waals surface area contributed by atoms with Crippen LogP contribution >= 0.6 is 0 Å². The van der Waals surface area contributed by atoms with Crippen LogP contribution in [0.1, 0.15) is 24.0 Å². The van der Waals surface area contributed by atoms with Gasteiger partial charge in [-0.2, -0.15) is 13.2 Å². The van der Waals surface area contributed by atoms with Gasteiger partial charge < -0.3 is 10.0 Å². The van der Waals surface area contributed by atoms with Crippen LogP contribution < -0.4 is 0 Å². The summed E-state index contributed by atoms with van der Waals surface area (Å²) in [5.74, 6) is 0.292. The lowest BCUT2D eigenvalue weighted by Crippen LogP contribution is -2.48. The van der Waals surface area contributed by atoms with Crippen LogP contribution in [0.4, 0.5) is 13.2 Å². The largest absolute Gasteiger partial charge is 0.416 e. The number of rotatable bonds is 1. The Labute approximate surface area is 115 Å². The molecular formula is C15H16F3NO. The normalized spacial score (nSPS) is 28.2. The van der Waals surface area contributed by atoms with Gasteiger partial charge in [-0.1, -0.05) is 12.1 Å². The van der Waals surface area contributed by atoms with Crippen LogP contribution in [-0.2, 0) is 6.18 Å². The maximum Gasteiger partial charge on any atom is 0.416 e. The molecule has 1 atom stereocenters. The van der Waals surface area contributed by atoms with Crippen molar-refractivity contribution < 1.29 is 18.3 Å². The number of aliphatic hydroxyl groups is 1. The zero-order valence-corrected chi connectivity index (χ0v) is 10.9. The molecule has 5 heteroatoms. The quantitative estimate of drug-likeness (QED) is 0.856. The summed E-state index contributed by atoms with van der Waals surface area (Å²) in [5, 5.41) is 10.2. The molecule has 0 spiro atoms. The molecule has 4 rings (SSSR count). The molecule has 2 nitrogen and oxygen atoms in total. The van der Waals surface area contributed by atoms with E-state index < -0.39 is 17.8 Å². The molecule has 1 aromatic carbocycles. The van der Waals surface area contributed by atoms with E-state index in [1.54, 1.807) is 6.08 Å². The van der Waals surface area contributed by atoms with Crippen molar-refractivity contribution in [2.75, 3.05) is 13.1 Å². The highest BCUT2D eigenvalue weighted by Crippen LogP contribution is 2.36. The molecule has 3 saturated heterocycles. The smallest absolute Gasteiger partial charge is 0.387 e. The Bertz CT molecular complexity index is 509. The van der Waals surface area contributed by atoms with Crippen LogP contribution in [0.15, 0.2) is 30.0 Å². The maximum atomic E-state index is 12.5. The van der Waals surface area contributed by atoms with Crippen LogP contribution in [0.5, 0.6) is 0 Å². The second-order valence-electron chi connectivity index (χ2n) is 5.46. The molecule has 3 aliphatic heterocycles. The van der Waals surface area contributed by atoms with E-state index in [0.29, 0.717) is 11.5 Å². The van der Waals surface area contributed by atoms with E-state index in [1.807, 2.05) is 0 Å². The van der Waals surface area contributed by atoms with Crippen LogP contribution in [0.3, 0.4) is 0 Å². The average Bonchev–Trinajstić information content (AvgIpc) is 2.43. The van der Waals surface area contributed by atoms with Gasteiger partial charge in [0, 0.05) is 18.8 Å². The van der Waals surface area contributed by atoms with Crippen molar-refractivity contribution >= 4 is 6.08 Å². The van der Waals surface area contributed by atoms with Crippen LogP contribution in [0.2, 0.25) is 0 Å². The molecule has 1 aromatic rings. The molecule has 0 amide bonds. The highest BCUT2D eigenvalue weighted by molar-refractivity contribution is 5.54. The molecule has 0 aliphatic carbocycles. The van der Waals surface area contributed by atoms with Gasteiger partial charge in [0.2, 0.25) is 0 Å². The average molecular weight is 283 g/mol. The molecule has 0 saturated carbocycles. The second kappa shape index (κ2) is 4.81. The number of aliphatic hydroxyl groups excluding tert-OH is 1. The van der Waals surface area contributed by atoms with Crippen molar-refractivity contribution in [1.29, 1.82) is 0 Å². The molecule has 1 N–H and O–H groups in total. The van der Waals surface area contributed by atoms with Crippen molar-refractivity contribution in [2.24, 2.45) is 5.92 Å². The molecular weight excluding hydrogens is 267 g/mol. The van der Waals surface area contributed by atoms with Gasteiger partial charge in [0.15, 0.2) is 0 Å². The first kappa shape index (κ1) is 13.5. The van der Waals surface area contributed by atoms with Crippen molar-refractivity contribution in [3.05, 3.63) is 41.1 Å². The first-order chi connectivity index (χ1) is 9.45. The first-order valence-electron chi connectivity index (χ1n) is 6.77. The van der Waals surface area contributed by atoms with Crippen molar-refractivity contribution in [3.8, 4) is 0 Å². The summed E-state index contributed by atoms with van der Waals surface area (Å²) in [6.45, 7) is 1.85. The van der Waals surface area contributed by atoms with Crippen LogP contribution in [-0.4, -0.2) is 29.2 Å². The number of fused-ring (bicyclic) bond motifs is 3. The lowest BCUT2D eigenvalue weighted by atomic mass is 9.83. The Kier molecular flexibility index (Phi) is 3.24. The minimum atomic E-state index is -4.31. The zero-order valence-electron chi connectivity index (χ0n) is 10.9. The summed E-state index contributed by atoms with van der Waals surface area (Å²) in [5.41, 5.74) is 0.887. The Morgan fingerprint density at radius 2 is 1.70 bits per heavy atom. The summed E-state index contributed by atoms with van der Waals surface area (Å²) < 4.78 is 37.5. The third-order valence-electron chi connectivity index (χ3n) is 4.21. The lowest BCUT2D eigenvalue weighted by molar-refractivity contribution is -0.137. The third-order valence-corrected chi connectivity index (χ3v) is 4.21. The van der Waals surface area contributed by atoms with Crippen molar-refractivity contribution in [2.45, 2.75) is 25.1 Å². The summed E-state index contributed by atoms with van der Waals surface area (Å²) >= 11 is 0. The fourth-order valence-electron chi connectivity index (χ4n) is 3.02. The Balaban J connectivity index is 1.85. The topological polar surface area (TPSA) is 23.5 Å². The molecule has 3 aliphatic rings. The van der Waals surface area contributed by atoms with Gasteiger partial charge in [0.1, 0.15) is 0 Å². The predicted molar refractivity (Wildman–Crippen MR) is 69.7 cm³/mol. The number of piperidine rings is 3. The fourth-order valence-corrected chi connectivity index (χ4v) is 3.02. The van der Waals surface area contributed by atoms with E-state index >= 15 is 0 Å². The van der Waals surface area contributed by atoms with E-state index in [1.165, 1.54) is 12.1 Å². The number of benzene rings is 1. The van der Waals surface area contributed by atoms with Gasteiger partial charge in [0.05, 0.1) is 11.7 Å². The van der Waals surface area contributed by atoms with E-state index in [-0.39, 0.29) is 0 Å². The summed E-state index contributed by atoms with van der Waals surface area (Å²) in [6, 6.07) is 5.06. The second-order valence-corrected chi connectivity index (χ2v) is 5.46. The molecule has 3 fully saturated rings. The number of hydrogen-bond donors (Lipinski definition) is 1. The third kappa shape index (κ3) is 2.42. The van der Waals surface area contributed by atoms with E-state index in [2.05, 4.69) is 4.90 Å². The highest BCUT2D eigenvalue weighted by atomic mass is 19.4. The molecule has 108 valence electrons. The van der Waals surface area contributed by atoms with E-state index in [4.69, 9.17) is 0 Å². The lowest BCUT2D eigenvalue weighted by Gasteiger charge is -2.45.